The molecule has 1 heterocycles. The van der Waals surface area contributed by atoms with Crippen molar-refractivity contribution in [1.82, 2.24) is 4.90 Å². The summed E-state index contributed by atoms with van der Waals surface area (Å²) in [6.07, 6.45) is 0.996. The molecule has 1 aromatic rings. The molecule has 1 fully saturated rings. The number of nitrogen functional groups attached to an aromatic ring is 1. The molecule has 1 aromatic carbocycles. The van der Waals surface area contributed by atoms with Crippen molar-refractivity contribution in [2.75, 3.05) is 24.1 Å². The predicted octanol–water partition coefficient (Wildman–Crippen LogP) is 1.99. The van der Waals surface area contributed by atoms with Gasteiger partial charge in [0.25, 0.3) is 0 Å². The maximum absolute atomic E-state index is 12.2. The van der Waals surface area contributed by atoms with E-state index in [2.05, 4.69) is 5.32 Å². The summed E-state index contributed by atoms with van der Waals surface area (Å²) in [5, 5.41) is 12.0. The fraction of sp³-hybridized carbons (Fsp3) is 0.429. The van der Waals surface area contributed by atoms with E-state index in [1.165, 1.54) is 4.90 Å². The van der Waals surface area contributed by atoms with Crippen LogP contribution in [0.2, 0.25) is 0 Å². The van der Waals surface area contributed by atoms with Crippen molar-refractivity contribution >= 4 is 23.4 Å². The first-order chi connectivity index (χ1) is 9.48. The highest BCUT2D eigenvalue weighted by molar-refractivity contribution is 5.93. The van der Waals surface area contributed by atoms with Gasteiger partial charge in [-0.2, -0.15) is 0 Å². The second-order valence-corrected chi connectivity index (χ2v) is 5.13. The molecule has 0 spiro atoms. The minimum atomic E-state index is -0.838. The van der Waals surface area contributed by atoms with Gasteiger partial charge < -0.3 is 21.1 Å². The minimum absolute atomic E-state index is 0.234. The number of hydrogen-bond donors (Lipinski definition) is 3. The number of para-hydroxylation sites is 2. The number of carboxylic acid groups (broad SMARTS) is 1. The van der Waals surface area contributed by atoms with E-state index < -0.39 is 11.4 Å². The average Bonchev–Trinajstić information content (AvgIpc) is 2.87. The number of carbonyl (C=O) groups excluding carboxylic acids is 1. The van der Waals surface area contributed by atoms with Crippen LogP contribution in [0.5, 0.6) is 0 Å². The Morgan fingerprint density at radius 3 is 2.70 bits per heavy atom. The zero-order valence-corrected chi connectivity index (χ0v) is 11.4. The van der Waals surface area contributed by atoms with Gasteiger partial charge in [0.2, 0.25) is 0 Å². The number of carboxylic acids is 1. The van der Waals surface area contributed by atoms with Gasteiger partial charge in [0, 0.05) is 13.1 Å². The topological polar surface area (TPSA) is 95.7 Å². The molecule has 2 amide bonds. The lowest BCUT2D eigenvalue weighted by atomic mass is 9.84. The summed E-state index contributed by atoms with van der Waals surface area (Å²) in [6, 6.07) is 6.68. The van der Waals surface area contributed by atoms with Crippen LogP contribution in [0.3, 0.4) is 0 Å². The zero-order valence-electron chi connectivity index (χ0n) is 11.4. The third-order valence-electron chi connectivity index (χ3n) is 3.97. The van der Waals surface area contributed by atoms with Crippen LogP contribution >= 0.6 is 0 Å². The highest BCUT2D eigenvalue weighted by Gasteiger charge is 2.44. The van der Waals surface area contributed by atoms with Crippen LogP contribution in [0.25, 0.3) is 0 Å². The quantitative estimate of drug-likeness (QED) is 0.736. The predicted molar refractivity (Wildman–Crippen MR) is 76.4 cm³/mol. The van der Waals surface area contributed by atoms with Crippen molar-refractivity contribution in [2.24, 2.45) is 5.41 Å². The van der Waals surface area contributed by atoms with Crippen molar-refractivity contribution in [3.8, 4) is 0 Å². The van der Waals surface area contributed by atoms with Gasteiger partial charge in [-0.05, 0) is 25.0 Å². The monoisotopic (exact) mass is 277 g/mol. The van der Waals surface area contributed by atoms with Crippen LogP contribution in [-0.4, -0.2) is 35.1 Å². The molecule has 6 nitrogen and oxygen atoms in total. The Morgan fingerprint density at radius 1 is 1.45 bits per heavy atom. The van der Waals surface area contributed by atoms with Gasteiger partial charge in [-0.15, -0.1) is 0 Å². The van der Waals surface area contributed by atoms with Gasteiger partial charge >= 0.3 is 12.0 Å². The third-order valence-corrected chi connectivity index (χ3v) is 3.97. The van der Waals surface area contributed by atoms with Crippen LogP contribution in [0.4, 0.5) is 16.2 Å². The number of urea groups is 1. The Labute approximate surface area is 117 Å². The van der Waals surface area contributed by atoms with E-state index >= 15 is 0 Å². The molecule has 1 unspecified atom stereocenters. The first kappa shape index (κ1) is 14.2. The van der Waals surface area contributed by atoms with Crippen LogP contribution in [0, 0.1) is 5.41 Å². The lowest BCUT2D eigenvalue weighted by Crippen LogP contribution is -2.38. The maximum Gasteiger partial charge on any atom is 0.321 e. The fourth-order valence-electron chi connectivity index (χ4n) is 2.47. The number of hydrogen-bond acceptors (Lipinski definition) is 3. The number of nitrogens with one attached hydrogen (secondary N) is 1. The molecule has 0 aliphatic carbocycles. The Balaban J connectivity index is 2.05. The number of rotatable bonds is 3. The fourth-order valence-corrected chi connectivity index (χ4v) is 2.47. The number of anilines is 2. The van der Waals surface area contributed by atoms with Crippen molar-refractivity contribution in [3.63, 3.8) is 0 Å². The van der Waals surface area contributed by atoms with E-state index in [4.69, 9.17) is 5.73 Å². The Kier molecular flexibility index (Phi) is 3.83. The molecule has 0 saturated carbocycles. The summed E-state index contributed by atoms with van der Waals surface area (Å²) in [5.41, 5.74) is 5.98. The second kappa shape index (κ2) is 5.40. The molecule has 4 N–H and O–H groups in total. The highest BCUT2D eigenvalue weighted by atomic mass is 16.4. The molecular weight excluding hydrogens is 258 g/mol. The van der Waals surface area contributed by atoms with Gasteiger partial charge in [-0.1, -0.05) is 19.1 Å². The van der Waals surface area contributed by atoms with Crippen molar-refractivity contribution in [2.45, 2.75) is 19.8 Å². The van der Waals surface area contributed by atoms with Gasteiger partial charge in [-0.25, -0.2) is 4.79 Å². The van der Waals surface area contributed by atoms with E-state index in [1.54, 1.807) is 24.3 Å². The van der Waals surface area contributed by atoms with Crippen LogP contribution in [-0.2, 0) is 4.79 Å². The lowest BCUT2D eigenvalue weighted by molar-refractivity contribution is -0.148. The molecule has 6 heteroatoms. The summed E-state index contributed by atoms with van der Waals surface area (Å²) in [7, 11) is 0. The summed E-state index contributed by atoms with van der Waals surface area (Å²) < 4.78 is 0. The van der Waals surface area contributed by atoms with Gasteiger partial charge in [0.15, 0.2) is 0 Å². The number of likely N-dealkylation sites (tertiary alicyclic amines) is 1. The molecule has 0 aromatic heterocycles. The summed E-state index contributed by atoms with van der Waals surface area (Å²) in [6.45, 7) is 2.51. The number of nitrogens with zero attached hydrogens (tertiary/aromatic N) is 1. The standard InChI is InChI=1S/C14H19N3O3/c1-2-14(12(18)19)7-8-17(9-14)13(20)16-11-6-4-3-5-10(11)15/h3-6H,2,7-9,15H2,1H3,(H,16,20)(H,18,19). The smallest absolute Gasteiger partial charge is 0.321 e. The SMILES string of the molecule is CCC1(C(=O)O)CCN(C(=O)Nc2ccccc2N)C1. The Morgan fingerprint density at radius 2 is 2.15 bits per heavy atom. The molecule has 0 bridgehead atoms. The maximum atomic E-state index is 12.2. The molecule has 1 aliphatic heterocycles. The Bertz CT molecular complexity index is 532. The van der Waals surface area contributed by atoms with Gasteiger partial charge in [0.1, 0.15) is 0 Å². The normalized spacial score (nSPS) is 21.8. The molecular formula is C14H19N3O3. The van der Waals surface area contributed by atoms with Crippen LogP contribution < -0.4 is 11.1 Å². The van der Waals surface area contributed by atoms with Crippen molar-refractivity contribution in [3.05, 3.63) is 24.3 Å². The van der Waals surface area contributed by atoms with E-state index in [9.17, 15) is 14.7 Å². The number of aliphatic carboxylic acids is 1. The highest BCUT2D eigenvalue weighted by Crippen LogP contribution is 2.34. The first-order valence-electron chi connectivity index (χ1n) is 6.62. The number of nitrogens with two attached hydrogens (primary N) is 1. The number of amides is 2. The number of carbonyl (C=O) groups is 2. The van der Waals surface area contributed by atoms with E-state index in [0.29, 0.717) is 30.8 Å². The second-order valence-electron chi connectivity index (χ2n) is 5.13. The van der Waals surface area contributed by atoms with Crippen LogP contribution in [0.15, 0.2) is 24.3 Å². The molecule has 0 radical (unpaired) electrons. The Hall–Kier alpha value is -2.24. The van der Waals surface area contributed by atoms with E-state index in [-0.39, 0.29) is 12.6 Å². The molecule has 2 rings (SSSR count). The zero-order chi connectivity index (χ0) is 14.8. The van der Waals surface area contributed by atoms with Crippen molar-refractivity contribution in [1.29, 1.82) is 0 Å². The largest absolute Gasteiger partial charge is 0.481 e. The molecule has 20 heavy (non-hydrogen) atoms. The van der Waals surface area contributed by atoms with E-state index in [0.717, 1.165) is 0 Å². The number of benzene rings is 1. The lowest BCUT2D eigenvalue weighted by Gasteiger charge is -2.23. The first-order valence-corrected chi connectivity index (χ1v) is 6.62. The van der Waals surface area contributed by atoms with E-state index in [1.807, 2.05) is 6.92 Å². The molecule has 1 atom stereocenters. The van der Waals surface area contributed by atoms with Crippen molar-refractivity contribution < 1.29 is 14.7 Å². The molecule has 1 aliphatic rings. The van der Waals surface area contributed by atoms with Crippen LogP contribution in [0.1, 0.15) is 19.8 Å². The summed E-state index contributed by atoms with van der Waals surface area (Å²) >= 11 is 0. The molecule has 108 valence electrons. The minimum Gasteiger partial charge on any atom is -0.481 e. The summed E-state index contributed by atoms with van der Waals surface area (Å²) in [4.78, 5) is 25.0. The third kappa shape index (κ3) is 2.54. The molecule has 1 saturated heterocycles. The summed E-state index contributed by atoms with van der Waals surface area (Å²) in [5.74, 6) is -0.838. The van der Waals surface area contributed by atoms with Gasteiger partial charge in [0.05, 0.1) is 16.8 Å². The van der Waals surface area contributed by atoms with Gasteiger partial charge in [-0.3, -0.25) is 4.79 Å². The average molecular weight is 277 g/mol.